The number of thiophene rings is 1. The van der Waals surface area contributed by atoms with Crippen molar-refractivity contribution >= 4 is 53.4 Å². The first-order valence-electron chi connectivity index (χ1n) is 45.9. The van der Waals surface area contributed by atoms with E-state index in [-0.39, 0.29) is 5.82 Å². The second-order valence-electron chi connectivity index (χ2n) is 37.0. The molecule has 0 spiro atoms. The van der Waals surface area contributed by atoms with Gasteiger partial charge in [-0.25, -0.2) is 22.7 Å². The maximum absolute atomic E-state index is 14.0. The molecule has 0 radical (unpaired) electrons. The number of fused-ring (bicyclic) bond motifs is 18. The summed E-state index contributed by atoms with van der Waals surface area (Å²) in [5.74, 6) is 7.14. The monoisotopic (exact) mass is 1700 g/mol. The molecule has 0 unspecified atom stereocenters. The van der Waals surface area contributed by atoms with Gasteiger partial charge in [-0.05, 0) is 154 Å². The Morgan fingerprint density at radius 1 is 0.287 bits per heavy atom. The number of aromatic nitrogens is 8. The number of halogens is 1. The molecular formula is C118H107FN8OS+4. The summed E-state index contributed by atoms with van der Waals surface area (Å²) in [5.41, 5.74) is 35.3. The first-order valence-corrected chi connectivity index (χ1v) is 46.7. The summed E-state index contributed by atoms with van der Waals surface area (Å²) in [6, 6.07) is 106. The van der Waals surface area contributed by atoms with E-state index in [9.17, 15) is 4.39 Å². The minimum atomic E-state index is -0.188. The molecule has 4 aliphatic rings. The molecule has 0 aliphatic carbocycles. The third kappa shape index (κ3) is 14.5. The minimum absolute atomic E-state index is 0.188. The van der Waals surface area contributed by atoms with Gasteiger partial charge in [0, 0.05) is 97.7 Å². The Morgan fingerprint density at radius 2 is 0.628 bits per heavy atom. The van der Waals surface area contributed by atoms with Gasteiger partial charge in [0.05, 0.1) is 22.3 Å². The average molecular weight is 1700 g/mol. The van der Waals surface area contributed by atoms with Crippen molar-refractivity contribution in [3.05, 3.63) is 408 Å². The van der Waals surface area contributed by atoms with E-state index in [1.54, 1.807) is 12.1 Å². The molecular weight excluding hydrogens is 1600 g/mol. The Morgan fingerprint density at radius 3 is 1.03 bits per heavy atom. The zero-order valence-corrected chi connectivity index (χ0v) is 76.3. The molecule has 11 heteroatoms. The Bertz CT molecular complexity index is 7350. The van der Waals surface area contributed by atoms with Crippen molar-refractivity contribution in [2.75, 3.05) is 0 Å². The van der Waals surface area contributed by atoms with Crippen LogP contribution in [-0.2, 0) is 26.2 Å². The fraction of sp³-hybridized carbons (Fsp3) is 0.186. The van der Waals surface area contributed by atoms with E-state index in [0.717, 1.165) is 53.4 Å². The molecule has 634 valence electrons. The summed E-state index contributed by atoms with van der Waals surface area (Å²) in [6.45, 7) is 31.0. The van der Waals surface area contributed by atoms with Gasteiger partial charge >= 0.3 is 0 Å². The highest BCUT2D eigenvalue weighted by molar-refractivity contribution is 7.26. The van der Waals surface area contributed by atoms with Gasteiger partial charge in [-0.1, -0.05) is 295 Å². The van der Waals surface area contributed by atoms with E-state index in [2.05, 4.69) is 448 Å². The molecule has 10 heterocycles. The third-order valence-electron chi connectivity index (χ3n) is 26.7. The van der Waals surface area contributed by atoms with Gasteiger partial charge in [0.2, 0.25) is 0 Å². The lowest BCUT2D eigenvalue weighted by Gasteiger charge is -2.19. The van der Waals surface area contributed by atoms with E-state index >= 15 is 0 Å². The molecule has 14 aromatic carbocycles. The van der Waals surface area contributed by atoms with Crippen LogP contribution in [0, 0.1) is 5.82 Å². The highest BCUT2D eigenvalue weighted by Crippen LogP contribution is 2.50. The molecule has 0 fully saturated rings. The van der Waals surface area contributed by atoms with Crippen LogP contribution in [0.5, 0.6) is 0 Å². The van der Waals surface area contributed by atoms with E-state index < -0.39 is 0 Å². The molecule has 4 aliphatic heterocycles. The van der Waals surface area contributed by atoms with Crippen LogP contribution in [-0.4, -0.2) is 18.3 Å². The van der Waals surface area contributed by atoms with Gasteiger partial charge in [-0.15, -0.1) is 11.3 Å². The van der Waals surface area contributed by atoms with Crippen LogP contribution >= 0.6 is 11.3 Å². The summed E-state index contributed by atoms with van der Waals surface area (Å²) >= 11 is 1.95. The van der Waals surface area contributed by atoms with Gasteiger partial charge in [-0.2, -0.15) is 18.3 Å². The maximum Gasteiger partial charge on any atom is 0.294 e. The van der Waals surface area contributed by atoms with Gasteiger partial charge in [-0.3, -0.25) is 0 Å². The summed E-state index contributed by atoms with van der Waals surface area (Å²) in [5, 5.41) is 5.22. The number of hydrogen-bond donors (Lipinski definition) is 0. The molecule has 24 rings (SSSR count). The molecule has 0 bridgehead atoms. The summed E-state index contributed by atoms with van der Waals surface area (Å²) in [6.07, 6.45) is 17.7. The zero-order valence-electron chi connectivity index (χ0n) is 75.5. The van der Waals surface area contributed by atoms with Crippen molar-refractivity contribution in [3.63, 3.8) is 0 Å². The molecule has 0 atom stereocenters. The summed E-state index contributed by atoms with van der Waals surface area (Å²) in [7, 11) is 0. The van der Waals surface area contributed by atoms with Crippen molar-refractivity contribution in [2.24, 2.45) is 0 Å². The minimum Gasteiger partial charge on any atom is -0.456 e. The number of benzene rings is 14. The lowest BCUT2D eigenvalue weighted by molar-refractivity contribution is -0.671. The molecule has 0 saturated heterocycles. The predicted molar refractivity (Wildman–Crippen MR) is 528 cm³/mol. The molecule has 6 aromatic heterocycles. The second kappa shape index (κ2) is 33.6. The van der Waals surface area contributed by atoms with Gasteiger partial charge in [0.25, 0.3) is 23.3 Å². The fourth-order valence-electron chi connectivity index (χ4n) is 20.5. The average Bonchev–Trinajstić information content (AvgIpc) is 1.59. The topological polar surface area (TPSA) is 48.4 Å². The Balaban J connectivity index is 0.000000104. The third-order valence-corrected chi connectivity index (χ3v) is 28.0. The number of nitrogens with zero attached hydrogens (tertiary/aromatic N) is 8. The van der Waals surface area contributed by atoms with Gasteiger partial charge in [0.1, 0.15) is 115 Å². The number of para-hydroxylation sites is 1. The van der Waals surface area contributed by atoms with Gasteiger partial charge < -0.3 is 4.42 Å². The van der Waals surface area contributed by atoms with Crippen LogP contribution in [0.4, 0.5) is 4.39 Å². The molecule has 0 saturated carbocycles. The standard InChI is InChI=1S/C31H26FN2.C31H27N2.C28H27N2O.C28H27N2S/c1-21(2)24-18-28(22-9-5-3-6-10-22)30(29(19-24)23-11-7-4-8-12-23)34-16-15-33-20-25-17-26(32)13-14-27(25)31(33)34;1-22(2)26-19-28(23-11-5-3-6-12-23)30(29(20-26)24-13-7-4-8-14-24)33-18-17-32-21-25-15-9-10-16-27(25)31(32)33;2*1-17(2)22-15-23-21-11-7-8-12-24(21)31-27(23)25(18(3)4)26(22)30-14-13-29-16-19-9-5-6-10-20(19)28(29)30/h3-19,21H,20H2,1-2H3;3-20,22H,21H2,1-2H3;2*5-15,17-18H,16H2,1-4H3/q4*+1. The van der Waals surface area contributed by atoms with E-state index in [0.29, 0.717) is 42.1 Å². The van der Waals surface area contributed by atoms with Crippen molar-refractivity contribution in [1.82, 2.24) is 18.3 Å². The van der Waals surface area contributed by atoms with Crippen LogP contribution in [0.2, 0.25) is 0 Å². The van der Waals surface area contributed by atoms with Crippen molar-refractivity contribution < 1.29 is 27.1 Å². The lowest BCUT2D eigenvalue weighted by atomic mass is 9.89. The van der Waals surface area contributed by atoms with E-state index in [1.165, 1.54) is 177 Å². The highest BCUT2D eigenvalue weighted by Gasteiger charge is 2.40. The Kier molecular flexibility index (Phi) is 21.3. The van der Waals surface area contributed by atoms with Crippen LogP contribution in [0.15, 0.2) is 351 Å². The smallest absolute Gasteiger partial charge is 0.294 e. The molecule has 9 nitrogen and oxygen atoms in total. The van der Waals surface area contributed by atoms with Crippen LogP contribution in [0.25, 0.3) is 155 Å². The van der Waals surface area contributed by atoms with Crippen molar-refractivity contribution in [1.29, 1.82) is 0 Å². The second-order valence-corrected chi connectivity index (χ2v) is 38.0. The largest absolute Gasteiger partial charge is 0.456 e. The molecule has 129 heavy (non-hydrogen) atoms. The highest BCUT2D eigenvalue weighted by atomic mass is 32.1. The van der Waals surface area contributed by atoms with Gasteiger partial charge in [0.15, 0.2) is 0 Å². The van der Waals surface area contributed by atoms with E-state index in [1.807, 2.05) is 17.4 Å². The quantitative estimate of drug-likeness (QED) is 0.100. The number of hydrogen-bond acceptors (Lipinski definition) is 2. The van der Waals surface area contributed by atoms with E-state index in [4.69, 9.17) is 4.42 Å². The lowest BCUT2D eigenvalue weighted by Crippen LogP contribution is -2.30. The fourth-order valence-corrected chi connectivity index (χ4v) is 21.9. The molecule has 0 amide bonds. The first kappa shape index (κ1) is 81.9. The Labute approximate surface area is 759 Å². The molecule has 0 N–H and O–H groups in total. The number of rotatable bonds is 14. The SMILES string of the molecule is CC(C)c1cc(-c2ccccc2)c(-n2cc[n+]3c2-c2ccc(F)cc2C3)c(-c2ccccc2)c1.CC(C)c1cc(-c2ccccc2)c(-n2cc[n+]3c2-c2ccccc2C3)c(-c2ccccc2)c1.CC(C)c1cc2c(oc3ccccc32)c(C(C)C)c1-n1cc[n+]2c1-c1ccccc1C2.CC(C)c1cc2c(sc3ccccc32)c(C(C)C)c1-n1cc[n+]2c1-c1ccccc1C2. The first-order chi connectivity index (χ1) is 62.9. The maximum atomic E-state index is 14.0. The van der Waals surface area contributed by atoms with Crippen LogP contribution in [0.3, 0.4) is 0 Å². The van der Waals surface area contributed by atoms with Crippen LogP contribution < -0.4 is 18.3 Å². The zero-order chi connectivity index (χ0) is 88.1. The normalized spacial score (nSPS) is 12.5. The van der Waals surface area contributed by atoms with Crippen molar-refractivity contribution in [3.8, 4) is 113 Å². The molecule has 20 aromatic rings. The summed E-state index contributed by atoms with van der Waals surface area (Å²) < 4.78 is 42.2. The Hall–Kier alpha value is -14.1. The van der Waals surface area contributed by atoms with Crippen molar-refractivity contribution in [2.45, 2.75) is 145 Å². The number of imidazole rings is 4. The summed E-state index contributed by atoms with van der Waals surface area (Å²) in [4.78, 5) is 0. The number of furan rings is 1. The predicted octanol–water partition coefficient (Wildman–Crippen LogP) is 29.0. The van der Waals surface area contributed by atoms with Crippen LogP contribution in [0.1, 0.15) is 174 Å².